The minimum atomic E-state index is -0.439. The van der Waals surface area contributed by atoms with E-state index in [1.54, 1.807) is 37.4 Å². The molecule has 0 aliphatic heterocycles. The number of fused-ring (bicyclic) bond motifs is 1. The number of aryl methyl sites for hydroxylation is 1. The summed E-state index contributed by atoms with van der Waals surface area (Å²) in [6.07, 6.45) is 0. The molecule has 1 aromatic heterocycles. The van der Waals surface area contributed by atoms with Crippen LogP contribution >= 0.6 is 0 Å². The fourth-order valence-corrected chi connectivity index (χ4v) is 3.38. The van der Waals surface area contributed by atoms with Crippen molar-refractivity contribution in [2.45, 2.75) is 6.92 Å². The summed E-state index contributed by atoms with van der Waals surface area (Å²) in [5.74, 6) is 0.918. The van der Waals surface area contributed by atoms with Gasteiger partial charge in [-0.2, -0.15) is 0 Å². The minimum absolute atomic E-state index is 0.154. The number of Topliss-reactive ketones (excluding diaryl/α,β-unsaturated/α-hetero) is 1. The Hall–Kier alpha value is -3.86. The van der Waals surface area contributed by atoms with Gasteiger partial charge in [0.15, 0.2) is 12.4 Å². The highest BCUT2D eigenvalue weighted by atomic mass is 16.5. The molecule has 0 N–H and O–H groups in total. The fourth-order valence-electron chi connectivity index (χ4n) is 3.38. The third-order valence-corrected chi connectivity index (χ3v) is 4.79. The summed E-state index contributed by atoms with van der Waals surface area (Å²) in [4.78, 5) is 24.8. The maximum atomic E-state index is 12.7. The van der Waals surface area contributed by atoms with E-state index in [9.17, 15) is 9.59 Å². The SMILES string of the molecule is COc1cccc(C(=O)COc2cc(C)cc3oc(=O)cc(-c4ccccc4)c23)c1. The van der Waals surface area contributed by atoms with Crippen LogP contribution in [0.5, 0.6) is 11.5 Å². The summed E-state index contributed by atoms with van der Waals surface area (Å²) < 4.78 is 16.6. The lowest BCUT2D eigenvalue weighted by Crippen LogP contribution is -2.12. The Balaban J connectivity index is 1.75. The first-order valence-corrected chi connectivity index (χ1v) is 9.49. The Morgan fingerprint density at radius 1 is 0.967 bits per heavy atom. The van der Waals surface area contributed by atoms with Crippen molar-refractivity contribution in [1.29, 1.82) is 0 Å². The van der Waals surface area contributed by atoms with Gasteiger partial charge >= 0.3 is 5.63 Å². The minimum Gasteiger partial charge on any atom is -0.497 e. The second-order valence-corrected chi connectivity index (χ2v) is 6.93. The second kappa shape index (κ2) is 8.25. The van der Waals surface area contributed by atoms with E-state index in [-0.39, 0.29) is 12.4 Å². The molecule has 0 spiro atoms. The van der Waals surface area contributed by atoms with Gasteiger partial charge in [-0.05, 0) is 42.3 Å². The highest BCUT2D eigenvalue weighted by Crippen LogP contribution is 2.35. The van der Waals surface area contributed by atoms with E-state index in [1.165, 1.54) is 6.07 Å². The van der Waals surface area contributed by atoms with Crippen LogP contribution in [0.3, 0.4) is 0 Å². The van der Waals surface area contributed by atoms with Gasteiger partial charge in [0.1, 0.15) is 17.1 Å². The number of ketones is 1. The molecule has 150 valence electrons. The van der Waals surface area contributed by atoms with Crippen LogP contribution in [0, 0.1) is 6.92 Å². The van der Waals surface area contributed by atoms with Crippen LogP contribution in [0.15, 0.2) is 82.0 Å². The van der Waals surface area contributed by atoms with Crippen LogP contribution in [0.1, 0.15) is 15.9 Å². The molecule has 0 bridgehead atoms. The third kappa shape index (κ3) is 3.96. The Morgan fingerprint density at radius 2 is 1.77 bits per heavy atom. The number of carbonyl (C=O) groups excluding carboxylic acids is 1. The van der Waals surface area contributed by atoms with Crippen LogP contribution in [0.25, 0.3) is 22.1 Å². The highest BCUT2D eigenvalue weighted by molar-refractivity contribution is 6.00. The molecule has 0 atom stereocenters. The van der Waals surface area contributed by atoms with Crippen LogP contribution in [-0.2, 0) is 0 Å². The molecule has 0 amide bonds. The number of methoxy groups -OCH3 is 1. The molecule has 3 aromatic carbocycles. The van der Waals surface area contributed by atoms with E-state index in [0.29, 0.717) is 33.6 Å². The first kappa shape index (κ1) is 19.5. The number of ether oxygens (including phenoxy) is 2. The van der Waals surface area contributed by atoms with E-state index < -0.39 is 5.63 Å². The Kier molecular flexibility index (Phi) is 5.35. The average Bonchev–Trinajstić information content (AvgIpc) is 2.77. The van der Waals surface area contributed by atoms with Crippen molar-refractivity contribution in [2.75, 3.05) is 13.7 Å². The molecule has 0 saturated heterocycles. The predicted octanol–water partition coefficient (Wildman–Crippen LogP) is 5.04. The molecule has 4 rings (SSSR count). The van der Waals surface area contributed by atoms with E-state index >= 15 is 0 Å². The summed E-state index contributed by atoms with van der Waals surface area (Å²) in [6, 6.07) is 21.6. The number of rotatable bonds is 6. The fraction of sp³-hybridized carbons (Fsp3) is 0.120. The Labute approximate surface area is 173 Å². The first-order chi connectivity index (χ1) is 14.5. The van der Waals surface area contributed by atoms with Crippen molar-refractivity contribution in [2.24, 2.45) is 0 Å². The number of hydrogen-bond acceptors (Lipinski definition) is 5. The highest BCUT2D eigenvalue weighted by Gasteiger charge is 2.16. The van der Waals surface area contributed by atoms with Gasteiger partial charge in [0, 0.05) is 17.2 Å². The first-order valence-electron chi connectivity index (χ1n) is 9.49. The Bertz CT molecular complexity index is 1270. The van der Waals surface area contributed by atoms with E-state index in [2.05, 4.69) is 0 Å². The molecular weight excluding hydrogens is 380 g/mol. The van der Waals surface area contributed by atoms with E-state index in [1.807, 2.05) is 43.3 Å². The molecule has 1 heterocycles. The monoisotopic (exact) mass is 400 g/mol. The quantitative estimate of drug-likeness (QED) is 0.335. The van der Waals surface area contributed by atoms with Crippen molar-refractivity contribution >= 4 is 16.8 Å². The van der Waals surface area contributed by atoms with Gasteiger partial charge in [-0.15, -0.1) is 0 Å². The summed E-state index contributed by atoms with van der Waals surface area (Å²) in [5.41, 5.74) is 2.91. The van der Waals surface area contributed by atoms with Crippen molar-refractivity contribution in [3.63, 3.8) is 0 Å². The van der Waals surface area contributed by atoms with Crippen LogP contribution in [0.4, 0.5) is 0 Å². The molecular formula is C25H20O5. The van der Waals surface area contributed by atoms with Gasteiger partial charge in [-0.1, -0.05) is 42.5 Å². The largest absolute Gasteiger partial charge is 0.497 e. The maximum Gasteiger partial charge on any atom is 0.336 e. The number of benzene rings is 3. The van der Waals surface area contributed by atoms with Crippen LogP contribution in [0.2, 0.25) is 0 Å². The summed E-state index contributed by atoms with van der Waals surface area (Å²) in [6.45, 7) is 1.73. The molecule has 4 aromatic rings. The number of carbonyl (C=O) groups is 1. The van der Waals surface area contributed by atoms with Crippen molar-refractivity contribution < 1.29 is 18.7 Å². The van der Waals surface area contributed by atoms with Crippen LogP contribution in [-0.4, -0.2) is 19.5 Å². The molecule has 0 unspecified atom stereocenters. The second-order valence-electron chi connectivity index (χ2n) is 6.93. The lowest BCUT2D eigenvalue weighted by atomic mass is 10.0. The molecule has 0 radical (unpaired) electrons. The van der Waals surface area contributed by atoms with Gasteiger partial charge in [0.2, 0.25) is 0 Å². The third-order valence-electron chi connectivity index (χ3n) is 4.79. The lowest BCUT2D eigenvalue weighted by molar-refractivity contribution is 0.0922. The average molecular weight is 400 g/mol. The smallest absolute Gasteiger partial charge is 0.336 e. The predicted molar refractivity (Wildman–Crippen MR) is 115 cm³/mol. The zero-order valence-corrected chi connectivity index (χ0v) is 16.7. The lowest BCUT2D eigenvalue weighted by Gasteiger charge is -2.13. The zero-order chi connectivity index (χ0) is 21.1. The van der Waals surface area contributed by atoms with Crippen molar-refractivity contribution in [1.82, 2.24) is 0 Å². The Morgan fingerprint density at radius 3 is 2.53 bits per heavy atom. The molecule has 0 saturated carbocycles. The van der Waals surface area contributed by atoms with Crippen molar-refractivity contribution in [3.05, 3.63) is 94.3 Å². The normalized spacial score (nSPS) is 10.7. The van der Waals surface area contributed by atoms with E-state index in [4.69, 9.17) is 13.9 Å². The maximum absolute atomic E-state index is 12.7. The van der Waals surface area contributed by atoms with E-state index in [0.717, 1.165) is 11.1 Å². The van der Waals surface area contributed by atoms with Gasteiger partial charge < -0.3 is 13.9 Å². The molecule has 30 heavy (non-hydrogen) atoms. The molecule has 5 nitrogen and oxygen atoms in total. The topological polar surface area (TPSA) is 65.7 Å². The van der Waals surface area contributed by atoms with Gasteiger partial charge in [0.05, 0.1) is 12.5 Å². The number of hydrogen-bond donors (Lipinski definition) is 0. The summed E-state index contributed by atoms with van der Waals surface area (Å²) in [5, 5.41) is 0.657. The van der Waals surface area contributed by atoms with Gasteiger partial charge in [-0.25, -0.2) is 4.79 Å². The standard InChI is InChI=1S/C25H20O5/c1-16-11-22(29-15-21(26)18-9-6-10-19(13-18)28-2)25-20(17-7-4-3-5-8-17)14-24(27)30-23(25)12-16/h3-14H,15H2,1-2H3. The molecule has 0 fully saturated rings. The van der Waals surface area contributed by atoms with Gasteiger partial charge in [-0.3, -0.25) is 4.79 Å². The molecule has 5 heteroatoms. The molecule has 0 aliphatic carbocycles. The zero-order valence-electron chi connectivity index (χ0n) is 16.7. The summed E-state index contributed by atoms with van der Waals surface area (Å²) in [7, 11) is 1.55. The molecule has 0 aliphatic rings. The van der Waals surface area contributed by atoms with Gasteiger partial charge in [0.25, 0.3) is 0 Å². The summed E-state index contributed by atoms with van der Waals surface area (Å²) >= 11 is 0. The van der Waals surface area contributed by atoms with Crippen molar-refractivity contribution in [3.8, 4) is 22.6 Å². The van der Waals surface area contributed by atoms with Crippen LogP contribution < -0.4 is 15.1 Å².